The van der Waals surface area contributed by atoms with Gasteiger partial charge in [0.2, 0.25) is 0 Å². The zero-order chi connectivity index (χ0) is 25.3. The van der Waals surface area contributed by atoms with Crippen molar-refractivity contribution >= 4 is 18.2 Å². The van der Waals surface area contributed by atoms with Crippen molar-refractivity contribution in [1.82, 2.24) is 10.0 Å². The zero-order valence-electron chi connectivity index (χ0n) is 20.5. The molecular formula is C28H32N2O6. The van der Waals surface area contributed by atoms with Crippen LogP contribution >= 0.6 is 0 Å². The average molecular weight is 493 g/mol. The van der Waals surface area contributed by atoms with E-state index < -0.39 is 18.2 Å². The first-order valence-corrected chi connectivity index (χ1v) is 12.4. The van der Waals surface area contributed by atoms with Crippen molar-refractivity contribution in [3.05, 3.63) is 83.9 Å². The van der Waals surface area contributed by atoms with Crippen LogP contribution < -0.4 is 0 Å². The molecule has 4 rings (SSSR count). The minimum atomic E-state index is -0.619. The molecule has 190 valence electrons. The minimum absolute atomic E-state index is 0.0880. The van der Waals surface area contributed by atoms with Crippen LogP contribution in [0.4, 0.5) is 9.59 Å². The molecule has 1 saturated heterocycles. The molecular weight excluding hydrogens is 460 g/mol. The lowest BCUT2D eigenvalue weighted by Gasteiger charge is -2.39. The SMILES string of the molecule is CCCCOC(=O)/C=C/[C@H]1C[C@H]2C[C@@H]1N(C(=O)OCc1ccccc1)N2C(=O)OCc1ccccc1. The summed E-state index contributed by atoms with van der Waals surface area (Å²) in [5.74, 6) is -0.500. The van der Waals surface area contributed by atoms with Crippen LogP contribution in [0.5, 0.6) is 0 Å². The summed E-state index contributed by atoms with van der Waals surface area (Å²) in [6.45, 7) is 2.61. The van der Waals surface area contributed by atoms with E-state index in [4.69, 9.17) is 14.2 Å². The molecule has 8 nitrogen and oxygen atoms in total. The number of rotatable bonds is 9. The Morgan fingerprint density at radius 2 is 1.42 bits per heavy atom. The second kappa shape index (κ2) is 12.2. The molecule has 0 aromatic heterocycles. The fraction of sp³-hybridized carbons (Fsp3) is 0.393. The summed E-state index contributed by atoms with van der Waals surface area (Å²) < 4.78 is 16.3. The summed E-state index contributed by atoms with van der Waals surface area (Å²) in [5.41, 5.74) is 1.70. The number of benzene rings is 2. The standard InChI is InChI=1S/C28H32N2O6/c1-2-3-16-34-26(31)15-14-23-17-24-18-25(23)30(28(33)36-20-22-12-8-5-9-13-22)29(24)27(32)35-19-21-10-6-4-7-11-21/h4-15,23-25H,2-3,16-20H2,1H3/b15-14+/t23-,24-,25-/m0/s1. The first-order chi connectivity index (χ1) is 17.6. The van der Waals surface area contributed by atoms with Gasteiger partial charge in [0.15, 0.2) is 0 Å². The van der Waals surface area contributed by atoms with Crippen LogP contribution in [-0.2, 0) is 32.2 Å². The molecule has 2 fully saturated rings. The van der Waals surface area contributed by atoms with E-state index in [0.717, 1.165) is 24.0 Å². The second-order valence-corrected chi connectivity index (χ2v) is 9.01. The number of unbranched alkanes of at least 4 members (excludes halogenated alkanes) is 1. The summed E-state index contributed by atoms with van der Waals surface area (Å²) in [7, 11) is 0. The molecule has 2 aromatic carbocycles. The summed E-state index contributed by atoms with van der Waals surface area (Å²) in [5, 5.41) is 2.74. The maximum absolute atomic E-state index is 13.2. The molecule has 0 N–H and O–H groups in total. The van der Waals surface area contributed by atoms with E-state index in [1.54, 1.807) is 6.08 Å². The Labute approximate surface area is 211 Å². The molecule has 1 aliphatic carbocycles. The number of fused-ring (bicyclic) bond motifs is 2. The largest absolute Gasteiger partial charge is 0.463 e. The van der Waals surface area contributed by atoms with E-state index >= 15 is 0 Å². The van der Waals surface area contributed by atoms with Crippen LogP contribution in [0.2, 0.25) is 0 Å². The Bertz CT molecular complexity index is 1060. The maximum atomic E-state index is 13.2. The molecule has 3 atom stereocenters. The fourth-order valence-electron chi connectivity index (χ4n) is 4.64. The monoisotopic (exact) mass is 492 g/mol. The molecule has 0 spiro atoms. The number of amides is 2. The number of hydrogen-bond acceptors (Lipinski definition) is 6. The molecule has 2 amide bonds. The summed E-state index contributed by atoms with van der Waals surface area (Å²) in [6, 6.07) is 18.2. The Morgan fingerprint density at radius 1 is 0.833 bits per heavy atom. The number of carbonyl (C=O) groups excluding carboxylic acids is 3. The summed E-state index contributed by atoms with van der Waals surface area (Å²) >= 11 is 0. The van der Waals surface area contributed by atoms with Gasteiger partial charge in [-0.3, -0.25) is 0 Å². The smallest absolute Gasteiger partial charge is 0.429 e. The number of ether oxygens (including phenoxy) is 3. The number of nitrogens with zero attached hydrogens (tertiary/aromatic N) is 2. The van der Waals surface area contributed by atoms with E-state index in [0.29, 0.717) is 19.4 Å². The molecule has 0 unspecified atom stereocenters. The lowest BCUT2D eigenvalue weighted by Crippen LogP contribution is -2.55. The van der Waals surface area contributed by atoms with Gasteiger partial charge in [0, 0.05) is 12.0 Å². The van der Waals surface area contributed by atoms with Gasteiger partial charge in [-0.05, 0) is 30.4 Å². The van der Waals surface area contributed by atoms with Crippen LogP contribution in [0.25, 0.3) is 0 Å². The maximum Gasteiger partial charge on any atom is 0.429 e. The Balaban J connectivity index is 1.44. The molecule has 1 heterocycles. The highest BCUT2D eigenvalue weighted by atomic mass is 16.6. The number of esters is 1. The van der Waals surface area contributed by atoms with Gasteiger partial charge >= 0.3 is 18.2 Å². The predicted octanol–water partition coefficient (Wildman–Crippen LogP) is 5.24. The van der Waals surface area contributed by atoms with Gasteiger partial charge in [-0.15, -0.1) is 0 Å². The quantitative estimate of drug-likeness (QED) is 0.206. The molecule has 36 heavy (non-hydrogen) atoms. The van der Waals surface area contributed by atoms with Crippen LogP contribution in [0, 0.1) is 5.92 Å². The lowest BCUT2D eigenvalue weighted by molar-refractivity contribution is -0.137. The fourth-order valence-corrected chi connectivity index (χ4v) is 4.64. The van der Waals surface area contributed by atoms with Gasteiger partial charge in [-0.1, -0.05) is 80.1 Å². The van der Waals surface area contributed by atoms with E-state index in [2.05, 4.69) is 0 Å². The normalized spacial score (nSPS) is 20.5. The Morgan fingerprint density at radius 3 is 2.00 bits per heavy atom. The van der Waals surface area contributed by atoms with Crippen LogP contribution in [0.1, 0.15) is 43.7 Å². The highest BCUT2D eigenvalue weighted by molar-refractivity contribution is 5.82. The molecule has 2 aliphatic rings. The van der Waals surface area contributed by atoms with Crippen molar-refractivity contribution in [2.45, 2.75) is 57.9 Å². The third-order valence-electron chi connectivity index (χ3n) is 6.45. The van der Waals surface area contributed by atoms with E-state index in [1.165, 1.54) is 16.1 Å². The van der Waals surface area contributed by atoms with E-state index in [9.17, 15) is 14.4 Å². The van der Waals surface area contributed by atoms with Crippen LogP contribution in [0.3, 0.4) is 0 Å². The Kier molecular flexibility index (Phi) is 8.60. The van der Waals surface area contributed by atoms with Gasteiger partial charge in [0.25, 0.3) is 0 Å². The van der Waals surface area contributed by atoms with Crippen molar-refractivity contribution in [3.63, 3.8) is 0 Å². The number of hydrazine groups is 1. The highest BCUT2D eigenvalue weighted by Crippen LogP contribution is 2.43. The molecule has 1 saturated carbocycles. The van der Waals surface area contributed by atoms with Crippen LogP contribution in [0.15, 0.2) is 72.8 Å². The van der Waals surface area contributed by atoms with E-state index in [1.807, 2.05) is 67.6 Å². The van der Waals surface area contributed by atoms with Crippen molar-refractivity contribution in [2.24, 2.45) is 5.92 Å². The van der Waals surface area contributed by atoms with Gasteiger partial charge in [-0.2, -0.15) is 0 Å². The molecule has 0 radical (unpaired) electrons. The lowest BCUT2D eigenvalue weighted by atomic mass is 10.0. The number of carbonyl (C=O) groups is 3. The van der Waals surface area contributed by atoms with E-state index in [-0.39, 0.29) is 31.2 Å². The summed E-state index contributed by atoms with van der Waals surface area (Å²) in [6.07, 6.45) is 4.95. The van der Waals surface area contributed by atoms with Crippen molar-refractivity contribution in [2.75, 3.05) is 6.61 Å². The average Bonchev–Trinajstić information content (AvgIpc) is 3.49. The second-order valence-electron chi connectivity index (χ2n) is 9.01. The van der Waals surface area contributed by atoms with Gasteiger partial charge in [0.05, 0.1) is 18.7 Å². The van der Waals surface area contributed by atoms with Crippen molar-refractivity contribution in [1.29, 1.82) is 0 Å². The minimum Gasteiger partial charge on any atom is -0.463 e. The van der Waals surface area contributed by atoms with Crippen molar-refractivity contribution in [3.8, 4) is 0 Å². The topological polar surface area (TPSA) is 85.4 Å². The molecule has 8 heteroatoms. The first kappa shape index (κ1) is 25.3. The zero-order valence-corrected chi connectivity index (χ0v) is 20.5. The third-order valence-corrected chi connectivity index (χ3v) is 6.45. The van der Waals surface area contributed by atoms with Crippen molar-refractivity contribution < 1.29 is 28.6 Å². The highest BCUT2D eigenvalue weighted by Gasteiger charge is 2.54. The molecule has 2 aromatic rings. The van der Waals surface area contributed by atoms with Gasteiger partial charge in [0.1, 0.15) is 13.2 Å². The van der Waals surface area contributed by atoms with Gasteiger partial charge < -0.3 is 14.2 Å². The summed E-state index contributed by atoms with van der Waals surface area (Å²) in [4.78, 5) is 38.3. The van der Waals surface area contributed by atoms with Gasteiger partial charge in [-0.25, -0.2) is 24.4 Å². The number of hydrogen-bond donors (Lipinski definition) is 0. The van der Waals surface area contributed by atoms with Crippen LogP contribution in [-0.4, -0.2) is 46.9 Å². The Hall–Kier alpha value is -3.81. The molecule has 1 aliphatic heterocycles. The first-order valence-electron chi connectivity index (χ1n) is 12.4. The molecule has 2 bridgehead atoms. The predicted molar refractivity (Wildman–Crippen MR) is 132 cm³/mol. The third kappa shape index (κ3) is 6.24.